The number of benzene rings is 1. The Kier molecular flexibility index (Phi) is 5.60. The third-order valence-corrected chi connectivity index (χ3v) is 7.75. The molecule has 3 heterocycles. The number of thioether (sulfide) groups is 1. The van der Waals surface area contributed by atoms with E-state index >= 15 is 0 Å². The average Bonchev–Trinajstić information content (AvgIpc) is 3.18. The summed E-state index contributed by atoms with van der Waals surface area (Å²) in [7, 11) is 0. The van der Waals surface area contributed by atoms with Gasteiger partial charge in [0.25, 0.3) is 0 Å². The predicted molar refractivity (Wildman–Crippen MR) is 121 cm³/mol. The Morgan fingerprint density at radius 3 is 2.97 bits per heavy atom. The molecule has 1 saturated carbocycles. The number of hydrogen-bond acceptors (Lipinski definition) is 5. The number of carbonyl (C=O) groups excluding carboxylic acids is 2. The third kappa shape index (κ3) is 4.56. The summed E-state index contributed by atoms with van der Waals surface area (Å²) in [6.07, 6.45) is 5.61. The maximum Gasteiger partial charge on any atom is 0.315 e. The molecule has 2 saturated heterocycles. The van der Waals surface area contributed by atoms with Crippen LogP contribution in [0.1, 0.15) is 55.8 Å². The van der Waals surface area contributed by atoms with E-state index in [9.17, 15) is 9.59 Å². The lowest BCUT2D eigenvalue weighted by molar-refractivity contribution is -0.116. The summed E-state index contributed by atoms with van der Waals surface area (Å²) in [6, 6.07) is 6.37. The highest BCUT2D eigenvalue weighted by Crippen LogP contribution is 2.39. The number of aromatic nitrogens is 3. The summed E-state index contributed by atoms with van der Waals surface area (Å²) < 4.78 is 0. The third-order valence-electron chi connectivity index (χ3n) is 6.24. The van der Waals surface area contributed by atoms with Crippen LogP contribution >= 0.6 is 11.8 Å². The van der Waals surface area contributed by atoms with E-state index in [4.69, 9.17) is 0 Å². The number of anilines is 1. The van der Waals surface area contributed by atoms with Gasteiger partial charge in [0.2, 0.25) is 5.91 Å². The van der Waals surface area contributed by atoms with E-state index < -0.39 is 0 Å². The van der Waals surface area contributed by atoms with Gasteiger partial charge < -0.3 is 16.0 Å². The highest BCUT2D eigenvalue weighted by atomic mass is 32.2. The Balaban J connectivity index is 1.14. The van der Waals surface area contributed by atoms with Gasteiger partial charge in [0, 0.05) is 28.9 Å². The molecule has 1 aliphatic carbocycles. The van der Waals surface area contributed by atoms with Crippen LogP contribution in [-0.2, 0) is 4.79 Å². The van der Waals surface area contributed by atoms with Crippen molar-refractivity contribution in [2.75, 3.05) is 11.1 Å². The molecule has 164 valence electrons. The SMILES string of the molecule is Cc1ccc(NC(=O)CCCC[C@@H]2SC[C@H]3NC(=O)N[C@@H]23)c(-c2n[nH]c(C3CC3)n2)c1. The zero-order valence-corrected chi connectivity index (χ0v) is 18.4. The van der Waals surface area contributed by atoms with Gasteiger partial charge in [-0.2, -0.15) is 16.9 Å². The summed E-state index contributed by atoms with van der Waals surface area (Å²) in [6.45, 7) is 2.03. The molecular formula is C22H28N6O2S. The van der Waals surface area contributed by atoms with Crippen molar-refractivity contribution in [1.29, 1.82) is 0 Å². The van der Waals surface area contributed by atoms with E-state index in [2.05, 4.69) is 31.1 Å². The van der Waals surface area contributed by atoms with Crippen molar-refractivity contribution in [3.05, 3.63) is 29.6 Å². The summed E-state index contributed by atoms with van der Waals surface area (Å²) in [5.74, 6) is 3.06. The molecule has 0 radical (unpaired) electrons. The second-order valence-corrected chi connectivity index (χ2v) is 10.1. The van der Waals surface area contributed by atoms with Gasteiger partial charge in [-0.05, 0) is 44.7 Å². The number of nitrogens with one attached hydrogen (secondary N) is 4. The molecule has 8 nitrogen and oxygen atoms in total. The molecule has 0 bridgehead atoms. The van der Waals surface area contributed by atoms with Crippen LogP contribution < -0.4 is 16.0 Å². The van der Waals surface area contributed by atoms with Crippen LogP contribution in [0.2, 0.25) is 0 Å². The van der Waals surface area contributed by atoms with Gasteiger partial charge in [0.05, 0.1) is 17.8 Å². The molecule has 0 spiro atoms. The van der Waals surface area contributed by atoms with Crippen LogP contribution in [0.3, 0.4) is 0 Å². The fourth-order valence-electron chi connectivity index (χ4n) is 4.37. The number of aryl methyl sites for hydroxylation is 1. The minimum Gasteiger partial charge on any atom is -0.332 e. The first-order chi connectivity index (χ1) is 15.1. The molecule has 0 unspecified atom stereocenters. The lowest BCUT2D eigenvalue weighted by Crippen LogP contribution is -2.36. The van der Waals surface area contributed by atoms with Gasteiger partial charge in [-0.25, -0.2) is 9.78 Å². The average molecular weight is 441 g/mol. The quantitative estimate of drug-likeness (QED) is 0.372. The zero-order chi connectivity index (χ0) is 21.4. The van der Waals surface area contributed by atoms with Crippen molar-refractivity contribution in [2.45, 2.75) is 68.7 Å². The number of unbranched alkanes of at least 4 members (excludes halogenated alkanes) is 1. The molecule has 2 aromatic rings. The van der Waals surface area contributed by atoms with Crippen molar-refractivity contribution in [1.82, 2.24) is 25.8 Å². The van der Waals surface area contributed by atoms with E-state index in [0.29, 0.717) is 23.4 Å². The number of aromatic amines is 1. The van der Waals surface area contributed by atoms with Crippen molar-refractivity contribution < 1.29 is 9.59 Å². The summed E-state index contributed by atoms with van der Waals surface area (Å²) in [5.41, 5.74) is 2.71. The molecule has 3 aliphatic rings. The first kappa shape index (κ1) is 20.4. The lowest BCUT2D eigenvalue weighted by Gasteiger charge is -2.16. The molecule has 31 heavy (non-hydrogen) atoms. The maximum absolute atomic E-state index is 12.6. The smallest absolute Gasteiger partial charge is 0.315 e. The number of hydrogen-bond donors (Lipinski definition) is 4. The van der Waals surface area contributed by atoms with E-state index in [-0.39, 0.29) is 24.0 Å². The van der Waals surface area contributed by atoms with Crippen LogP contribution in [0.4, 0.5) is 10.5 Å². The van der Waals surface area contributed by atoms with Crippen molar-refractivity contribution >= 4 is 29.4 Å². The Labute approximate surface area is 185 Å². The van der Waals surface area contributed by atoms with E-state index in [1.54, 1.807) is 0 Å². The van der Waals surface area contributed by atoms with E-state index in [1.807, 2.05) is 36.9 Å². The normalized spacial score (nSPS) is 24.5. The van der Waals surface area contributed by atoms with Crippen molar-refractivity contribution in [2.24, 2.45) is 0 Å². The van der Waals surface area contributed by atoms with E-state index in [1.165, 1.54) is 0 Å². The molecule has 9 heteroatoms. The predicted octanol–water partition coefficient (Wildman–Crippen LogP) is 3.32. The number of fused-ring (bicyclic) bond motifs is 1. The summed E-state index contributed by atoms with van der Waals surface area (Å²) in [4.78, 5) is 28.7. The van der Waals surface area contributed by atoms with E-state index in [0.717, 1.165) is 60.5 Å². The fourth-order valence-corrected chi connectivity index (χ4v) is 5.92. The lowest BCUT2D eigenvalue weighted by atomic mass is 10.0. The van der Waals surface area contributed by atoms with Crippen molar-refractivity contribution in [3.8, 4) is 11.4 Å². The monoisotopic (exact) mass is 440 g/mol. The second-order valence-electron chi connectivity index (χ2n) is 8.78. The van der Waals surface area contributed by atoms with Crippen LogP contribution in [0, 0.1) is 6.92 Å². The molecule has 1 aromatic heterocycles. The Bertz CT molecular complexity index is 988. The minimum atomic E-state index is -0.0516. The molecule has 5 rings (SSSR count). The van der Waals surface area contributed by atoms with Crippen LogP contribution in [0.25, 0.3) is 11.4 Å². The Hall–Kier alpha value is -2.55. The molecule has 3 fully saturated rings. The highest BCUT2D eigenvalue weighted by molar-refractivity contribution is 8.00. The second kappa shape index (κ2) is 8.53. The number of urea groups is 1. The Morgan fingerprint density at radius 1 is 1.26 bits per heavy atom. The van der Waals surface area contributed by atoms with Gasteiger partial charge in [-0.15, -0.1) is 0 Å². The summed E-state index contributed by atoms with van der Waals surface area (Å²) >= 11 is 1.91. The molecule has 3 atom stereocenters. The van der Waals surface area contributed by atoms with Gasteiger partial charge in [0.1, 0.15) is 5.82 Å². The Morgan fingerprint density at radius 2 is 2.13 bits per heavy atom. The minimum absolute atomic E-state index is 0.0100. The van der Waals surface area contributed by atoms with Crippen molar-refractivity contribution in [3.63, 3.8) is 0 Å². The van der Waals surface area contributed by atoms with Gasteiger partial charge in [-0.3, -0.25) is 9.89 Å². The molecule has 1 aromatic carbocycles. The largest absolute Gasteiger partial charge is 0.332 e. The van der Waals surface area contributed by atoms with Crippen LogP contribution in [0.15, 0.2) is 18.2 Å². The fraction of sp³-hybridized carbons (Fsp3) is 0.545. The molecule has 4 N–H and O–H groups in total. The standard InChI is InChI=1S/C22H28N6O2S/c1-12-6-9-15(14(10-12)21-26-20(27-28-21)13-7-8-13)23-18(29)5-3-2-4-17-19-16(11-31-17)24-22(30)25-19/h6,9-10,13,16-17,19H,2-5,7-8,11H2,1H3,(H,23,29)(H2,24,25,30)(H,26,27,28)/t16-,17+,19-/m1/s1. The van der Waals surface area contributed by atoms with Crippen LogP contribution in [0.5, 0.6) is 0 Å². The molecule has 3 amide bonds. The first-order valence-corrected chi connectivity index (χ1v) is 12.1. The number of H-pyrrole nitrogens is 1. The summed E-state index contributed by atoms with van der Waals surface area (Å²) in [5, 5.41) is 16.9. The molecule has 2 aliphatic heterocycles. The topological polar surface area (TPSA) is 112 Å². The number of nitrogens with zero attached hydrogens (tertiary/aromatic N) is 2. The number of amides is 3. The first-order valence-electron chi connectivity index (χ1n) is 11.1. The highest BCUT2D eigenvalue weighted by Gasteiger charge is 2.42. The van der Waals surface area contributed by atoms with Crippen LogP contribution in [-0.4, -0.2) is 50.2 Å². The maximum atomic E-state index is 12.6. The zero-order valence-electron chi connectivity index (χ0n) is 17.6. The number of rotatable bonds is 8. The number of carbonyl (C=O) groups is 2. The van der Waals surface area contributed by atoms with Gasteiger partial charge in [-0.1, -0.05) is 18.1 Å². The van der Waals surface area contributed by atoms with Gasteiger partial charge in [0.15, 0.2) is 5.82 Å². The molecular weight excluding hydrogens is 412 g/mol. The van der Waals surface area contributed by atoms with Gasteiger partial charge >= 0.3 is 6.03 Å².